The maximum Gasteiger partial charge on any atom is 0.223 e. The van der Waals surface area contributed by atoms with Gasteiger partial charge < -0.3 is 10.6 Å². The van der Waals surface area contributed by atoms with Crippen molar-refractivity contribution >= 4 is 5.91 Å². The average molecular weight is 212 g/mol. The summed E-state index contributed by atoms with van der Waals surface area (Å²) < 4.78 is 0. The first kappa shape index (κ1) is 12.5. The van der Waals surface area contributed by atoms with E-state index in [2.05, 4.69) is 20.8 Å². The Bertz CT molecular complexity index is 220. The van der Waals surface area contributed by atoms with E-state index in [0.717, 1.165) is 19.4 Å². The summed E-state index contributed by atoms with van der Waals surface area (Å²) in [6.45, 7) is 7.82. The predicted octanol–water partition coefficient (Wildman–Crippen LogP) is 1.76. The summed E-state index contributed by atoms with van der Waals surface area (Å²) in [6, 6.07) is 0.286. The molecule has 0 unspecified atom stereocenters. The molecule has 1 aliphatic heterocycles. The lowest BCUT2D eigenvalue weighted by molar-refractivity contribution is -0.136. The number of amides is 1. The van der Waals surface area contributed by atoms with Crippen molar-refractivity contribution in [3.63, 3.8) is 0 Å². The van der Waals surface area contributed by atoms with E-state index in [1.165, 1.54) is 6.42 Å². The van der Waals surface area contributed by atoms with Gasteiger partial charge in [-0.25, -0.2) is 0 Å². The minimum Gasteiger partial charge on any atom is -0.338 e. The molecule has 0 spiro atoms. The number of carbonyl (C=O) groups excluding carboxylic acids is 1. The molecule has 3 heteroatoms. The van der Waals surface area contributed by atoms with E-state index in [9.17, 15) is 4.79 Å². The zero-order valence-electron chi connectivity index (χ0n) is 10.3. The molecule has 0 aromatic heterocycles. The molecule has 88 valence electrons. The van der Waals surface area contributed by atoms with Gasteiger partial charge in [-0.3, -0.25) is 4.79 Å². The van der Waals surface area contributed by atoms with Crippen LogP contribution in [0.4, 0.5) is 0 Å². The van der Waals surface area contributed by atoms with Crippen molar-refractivity contribution in [3.8, 4) is 0 Å². The van der Waals surface area contributed by atoms with Crippen LogP contribution in [-0.4, -0.2) is 29.9 Å². The molecule has 1 fully saturated rings. The number of hydrogen-bond donors (Lipinski definition) is 1. The lowest BCUT2D eigenvalue weighted by Gasteiger charge is -2.36. The Morgan fingerprint density at radius 1 is 1.40 bits per heavy atom. The summed E-state index contributed by atoms with van der Waals surface area (Å²) in [5.74, 6) is 0.276. The van der Waals surface area contributed by atoms with Gasteiger partial charge in [0.15, 0.2) is 0 Å². The Morgan fingerprint density at radius 2 is 2.07 bits per heavy atom. The van der Waals surface area contributed by atoms with Gasteiger partial charge >= 0.3 is 0 Å². The minimum absolute atomic E-state index is 0.0771. The highest BCUT2D eigenvalue weighted by molar-refractivity contribution is 5.77. The first-order valence-corrected chi connectivity index (χ1v) is 5.93. The van der Waals surface area contributed by atoms with Gasteiger partial charge in [-0.05, 0) is 24.7 Å². The lowest BCUT2D eigenvalue weighted by Crippen LogP contribution is -2.48. The summed E-state index contributed by atoms with van der Waals surface area (Å²) in [5, 5.41) is 0. The van der Waals surface area contributed by atoms with Crippen molar-refractivity contribution in [3.05, 3.63) is 0 Å². The average Bonchev–Trinajstić information content (AvgIpc) is 2.15. The minimum atomic E-state index is 0.0771. The van der Waals surface area contributed by atoms with Gasteiger partial charge in [-0.2, -0.15) is 0 Å². The van der Waals surface area contributed by atoms with Crippen LogP contribution in [0.25, 0.3) is 0 Å². The molecule has 1 atom stereocenters. The van der Waals surface area contributed by atoms with Crippen LogP contribution in [0, 0.1) is 5.41 Å². The Balaban J connectivity index is 2.56. The first-order valence-electron chi connectivity index (χ1n) is 5.93. The maximum atomic E-state index is 12.1. The molecule has 2 N–H and O–H groups in total. The second-order valence-electron chi connectivity index (χ2n) is 5.71. The Labute approximate surface area is 93.0 Å². The zero-order valence-corrected chi connectivity index (χ0v) is 10.3. The molecule has 1 heterocycles. The number of rotatable bonds is 2. The van der Waals surface area contributed by atoms with Crippen LogP contribution in [0.15, 0.2) is 0 Å². The summed E-state index contributed by atoms with van der Waals surface area (Å²) in [7, 11) is 0. The highest BCUT2D eigenvalue weighted by atomic mass is 16.2. The van der Waals surface area contributed by atoms with Crippen LogP contribution < -0.4 is 5.73 Å². The molecule has 1 rings (SSSR count). The van der Waals surface area contributed by atoms with E-state index in [0.29, 0.717) is 13.0 Å². The van der Waals surface area contributed by atoms with Crippen LogP contribution in [0.5, 0.6) is 0 Å². The van der Waals surface area contributed by atoms with Crippen molar-refractivity contribution in [2.24, 2.45) is 11.1 Å². The number of piperidine rings is 1. The lowest BCUT2D eigenvalue weighted by atomic mass is 9.90. The van der Waals surface area contributed by atoms with E-state index in [4.69, 9.17) is 5.73 Å². The molecule has 0 radical (unpaired) electrons. The maximum absolute atomic E-state index is 12.1. The van der Waals surface area contributed by atoms with Gasteiger partial charge in [-0.15, -0.1) is 0 Å². The van der Waals surface area contributed by atoms with E-state index < -0.39 is 0 Å². The second-order valence-corrected chi connectivity index (χ2v) is 5.71. The molecule has 3 nitrogen and oxygen atoms in total. The second kappa shape index (κ2) is 4.97. The van der Waals surface area contributed by atoms with Gasteiger partial charge in [0.25, 0.3) is 0 Å². The van der Waals surface area contributed by atoms with Crippen LogP contribution in [0.1, 0.15) is 46.5 Å². The van der Waals surface area contributed by atoms with E-state index in [1.54, 1.807) is 0 Å². The fourth-order valence-electron chi connectivity index (χ4n) is 2.13. The first-order chi connectivity index (χ1) is 6.94. The summed E-state index contributed by atoms with van der Waals surface area (Å²) in [4.78, 5) is 14.0. The number of likely N-dealkylation sites (tertiary alicyclic amines) is 1. The molecule has 0 saturated carbocycles. The molecule has 0 aromatic rings. The zero-order chi connectivity index (χ0) is 11.5. The van der Waals surface area contributed by atoms with Gasteiger partial charge in [0.1, 0.15) is 0 Å². The van der Waals surface area contributed by atoms with Crippen LogP contribution in [-0.2, 0) is 4.79 Å². The third-order valence-electron chi connectivity index (χ3n) is 2.90. The van der Waals surface area contributed by atoms with Crippen molar-refractivity contribution in [2.75, 3.05) is 13.1 Å². The molecule has 1 saturated heterocycles. The molecule has 0 aliphatic carbocycles. The quantitative estimate of drug-likeness (QED) is 0.758. The molecule has 1 aliphatic rings. The largest absolute Gasteiger partial charge is 0.338 e. The monoisotopic (exact) mass is 212 g/mol. The van der Waals surface area contributed by atoms with Gasteiger partial charge in [0.05, 0.1) is 0 Å². The standard InChI is InChI=1S/C12H24N2O/c1-12(2,3)8-11(15)14-7-5-4-6-10(14)9-13/h10H,4-9,13H2,1-3H3/t10-/m0/s1. The van der Waals surface area contributed by atoms with Crippen LogP contribution in [0.3, 0.4) is 0 Å². The molecule has 0 bridgehead atoms. The number of carbonyl (C=O) groups is 1. The predicted molar refractivity (Wildman–Crippen MR) is 62.5 cm³/mol. The van der Waals surface area contributed by atoms with Crippen molar-refractivity contribution in [1.82, 2.24) is 4.90 Å². The molecular weight excluding hydrogens is 188 g/mol. The molecule has 1 amide bonds. The van der Waals surface area contributed by atoms with E-state index in [1.807, 2.05) is 4.90 Å². The fourth-order valence-corrected chi connectivity index (χ4v) is 2.13. The molecule has 0 aromatic carbocycles. The molecule has 15 heavy (non-hydrogen) atoms. The third kappa shape index (κ3) is 3.82. The van der Waals surface area contributed by atoms with E-state index in [-0.39, 0.29) is 17.4 Å². The normalized spacial score (nSPS) is 22.9. The van der Waals surface area contributed by atoms with Gasteiger partial charge in [0, 0.05) is 25.6 Å². The summed E-state index contributed by atoms with van der Waals surface area (Å²) >= 11 is 0. The Morgan fingerprint density at radius 3 is 2.60 bits per heavy atom. The Hall–Kier alpha value is -0.570. The summed E-state index contributed by atoms with van der Waals surface area (Å²) in [6.07, 6.45) is 4.05. The fraction of sp³-hybridized carbons (Fsp3) is 0.917. The highest BCUT2D eigenvalue weighted by Gasteiger charge is 2.28. The van der Waals surface area contributed by atoms with Crippen molar-refractivity contribution in [1.29, 1.82) is 0 Å². The molecular formula is C12H24N2O. The van der Waals surface area contributed by atoms with Gasteiger partial charge in [-0.1, -0.05) is 20.8 Å². The van der Waals surface area contributed by atoms with E-state index >= 15 is 0 Å². The topological polar surface area (TPSA) is 46.3 Å². The van der Waals surface area contributed by atoms with Crippen molar-refractivity contribution < 1.29 is 4.79 Å². The third-order valence-corrected chi connectivity index (χ3v) is 2.90. The van der Waals surface area contributed by atoms with Crippen molar-refractivity contribution in [2.45, 2.75) is 52.5 Å². The number of hydrogen-bond acceptors (Lipinski definition) is 2. The summed E-state index contributed by atoms with van der Waals surface area (Å²) in [5.41, 5.74) is 5.78. The smallest absolute Gasteiger partial charge is 0.223 e. The number of nitrogens with two attached hydrogens (primary N) is 1. The van der Waals surface area contributed by atoms with Crippen LogP contribution in [0.2, 0.25) is 0 Å². The number of nitrogens with zero attached hydrogens (tertiary/aromatic N) is 1. The highest BCUT2D eigenvalue weighted by Crippen LogP contribution is 2.23. The van der Waals surface area contributed by atoms with Gasteiger partial charge in [0.2, 0.25) is 5.91 Å². The SMILES string of the molecule is CC(C)(C)CC(=O)N1CCCC[C@H]1CN. The van der Waals surface area contributed by atoms with Crippen LogP contribution >= 0.6 is 0 Å². The Kier molecular flexibility index (Phi) is 4.14.